The number of carbonyl (C=O) groups excluding carboxylic acids is 3. The molecule has 0 amide bonds. The van der Waals surface area contributed by atoms with Gasteiger partial charge < -0.3 is 14.2 Å². The van der Waals surface area contributed by atoms with Crippen LogP contribution >= 0.6 is 0 Å². The van der Waals surface area contributed by atoms with Crippen molar-refractivity contribution in [3.63, 3.8) is 0 Å². The average Bonchev–Trinajstić information content (AvgIpc) is 3.26. The molecule has 6 heteroatoms. The molecule has 6 nitrogen and oxygen atoms in total. The van der Waals surface area contributed by atoms with Gasteiger partial charge in [-0.05, 0) is 89.9 Å². The van der Waals surface area contributed by atoms with E-state index in [1.54, 1.807) is 0 Å². The van der Waals surface area contributed by atoms with Crippen LogP contribution in [0.25, 0.3) is 0 Å². The molecule has 0 aliphatic rings. The summed E-state index contributed by atoms with van der Waals surface area (Å²) in [6, 6.07) is 0. The number of rotatable bonds is 44. The van der Waals surface area contributed by atoms with Crippen molar-refractivity contribution >= 4 is 17.9 Å². The first-order chi connectivity index (χ1) is 30.0. The van der Waals surface area contributed by atoms with E-state index in [4.69, 9.17) is 14.2 Å². The fourth-order valence-corrected chi connectivity index (χ4v) is 6.70. The van der Waals surface area contributed by atoms with E-state index in [0.29, 0.717) is 19.3 Å². The van der Waals surface area contributed by atoms with Gasteiger partial charge in [0.25, 0.3) is 0 Å². The zero-order chi connectivity index (χ0) is 44.4. The molecule has 0 spiro atoms. The van der Waals surface area contributed by atoms with Gasteiger partial charge in [-0.1, -0.05) is 202 Å². The Morgan fingerprint density at radius 3 is 1.20 bits per heavy atom. The van der Waals surface area contributed by atoms with Crippen LogP contribution in [0.3, 0.4) is 0 Å². The third-order valence-corrected chi connectivity index (χ3v) is 10.5. The van der Waals surface area contributed by atoms with Crippen LogP contribution in [0.2, 0.25) is 0 Å². The molecule has 0 fully saturated rings. The first kappa shape index (κ1) is 57.6. The molecule has 0 saturated carbocycles. The molecule has 0 aliphatic carbocycles. The van der Waals surface area contributed by atoms with Crippen LogP contribution in [-0.4, -0.2) is 37.2 Å². The number of hydrogen-bond donors (Lipinski definition) is 0. The largest absolute Gasteiger partial charge is 0.462 e. The van der Waals surface area contributed by atoms with E-state index < -0.39 is 6.10 Å². The lowest BCUT2D eigenvalue weighted by molar-refractivity contribution is -0.167. The summed E-state index contributed by atoms with van der Waals surface area (Å²) in [7, 11) is 0. The minimum atomic E-state index is -0.799. The summed E-state index contributed by atoms with van der Waals surface area (Å²) in [4.78, 5) is 37.9. The zero-order valence-electron chi connectivity index (χ0n) is 39.7. The molecule has 61 heavy (non-hydrogen) atoms. The summed E-state index contributed by atoms with van der Waals surface area (Å²) in [5, 5.41) is 0. The van der Waals surface area contributed by atoms with Gasteiger partial charge in [-0.15, -0.1) is 0 Å². The Morgan fingerprint density at radius 2 is 0.721 bits per heavy atom. The zero-order valence-corrected chi connectivity index (χ0v) is 39.7. The minimum absolute atomic E-state index is 0.0999. The van der Waals surface area contributed by atoms with Crippen molar-refractivity contribution < 1.29 is 28.6 Å². The lowest BCUT2D eigenvalue weighted by atomic mass is 10.1. The number of hydrogen-bond acceptors (Lipinski definition) is 6. The predicted octanol–water partition coefficient (Wildman–Crippen LogP) is 16.4. The second-order valence-electron chi connectivity index (χ2n) is 16.4. The summed E-state index contributed by atoms with van der Waals surface area (Å²) in [6.45, 7) is 6.34. The Morgan fingerprint density at radius 1 is 0.361 bits per heavy atom. The average molecular weight is 849 g/mol. The predicted molar refractivity (Wildman–Crippen MR) is 261 cm³/mol. The molecule has 0 saturated heterocycles. The highest BCUT2D eigenvalue weighted by molar-refractivity contribution is 5.71. The number of carbonyl (C=O) groups is 3. The van der Waals surface area contributed by atoms with Crippen LogP contribution in [0.5, 0.6) is 0 Å². The second kappa shape index (κ2) is 49.2. The van der Waals surface area contributed by atoms with E-state index in [2.05, 4.69) is 106 Å². The molecule has 0 aromatic rings. The maximum atomic E-state index is 12.8. The van der Waals surface area contributed by atoms with Crippen LogP contribution in [0.15, 0.2) is 85.1 Å². The summed E-state index contributed by atoms with van der Waals surface area (Å²) < 4.78 is 16.7. The fourth-order valence-electron chi connectivity index (χ4n) is 6.70. The Balaban J connectivity index is 4.47. The lowest BCUT2D eigenvalue weighted by Gasteiger charge is -2.18. The summed E-state index contributed by atoms with van der Waals surface area (Å²) in [5.41, 5.74) is 0. The van der Waals surface area contributed by atoms with Crippen molar-refractivity contribution in [3.05, 3.63) is 85.1 Å². The fraction of sp³-hybridized carbons (Fsp3) is 0.691. The lowest BCUT2D eigenvalue weighted by Crippen LogP contribution is -2.30. The monoisotopic (exact) mass is 849 g/mol. The van der Waals surface area contributed by atoms with Crippen molar-refractivity contribution in [3.8, 4) is 0 Å². The first-order valence-corrected chi connectivity index (χ1v) is 25.1. The van der Waals surface area contributed by atoms with E-state index in [9.17, 15) is 14.4 Å². The van der Waals surface area contributed by atoms with E-state index in [0.717, 1.165) is 116 Å². The third-order valence-electron chi connectivity index (χ3n) is 10.5. The van der Waals surface area contributed by atoms with Gasteiger partial charge in [-0.25, -0.2) is 0 Å². The molecular formula is C55H92O6. The van der Waals surface area contributed by atoms with Gasteiger partial charge in [-0.2, -0.15) is 0 Å². The van der Waals surface area contributed by atoms with E-state index >= 15 is 0 Å². The number of ether oxygens (including phenoxy) is 3. The van der Waals surface area contributed by atoms with Gasteiger partial charge in [-0.3, -0.25) is 14.4 Å². The molecule has 0 aromatic heterocycles. The highest BCUT2D eigenvalue weighted by Gasteiger charge is 2.19. The van der Waals surface area contributed by atoms with Gasteiger partial charge >= 0.3 is 17.9 Å². The molecule has 348 valence electrons. The van der Waals surface area contributed by atoms with Crippen LogP contribution in [0, 0.1) is 0 Å². The van der Waals surface area contributed by atoms with E-state index in [1.807, 2.05) is 0 Å². The molecular weight excluding hydrogens is 757 g/mol. The highest BCUT2D eigenvalue weighted by Crippen LogP contribution is 2.14. The Kier molecular flexibility index (Phi) is 46.5. The van der Waals surface area contributed by atoms with Crippen LogP contribution in [0.1, 0.15) is 226 Å². The van der Waals surface area contributed by atoms with Gasteiger partial charge in [0.2, 0.25) is 0 Å². The van der Waals surface area contributed by atoms with Crippen molar-refractivity contribution in [2.24, 2.45) is 0 Å². The topological polar surface area (TPSA) is 78.9 Å². The molecule has 0 N–H and O–H groups in total. The van der Waals surface area contributed by atoms with Crippen LogP contribution < -0.4 is 0 Å². The Hall–Kier alpha value is -3.41. The smallest absolute Gasteiger partial charge is 0.306 e. The molecule has 0 heterocycles. The van der Waals surface area contributed by atoms with Crippen molar-refractivity contribution in [1.82, 2.24) is 0 Å². The number of unbranched alkanes of at least 4 members (excludes halogenated alkanes) is 22. The second-order valence-corrected chi connectivity index (χ2v) is 16.4. The molecule has 0 aliphatic heterocycles. The SMILES string of the molecule is CC\C=C/C=C\C=C/CCCCCCCC(=O)OCC(COC(=O)CCCCC/C=C\C=C/CCCCCCCCC)OC(=O)CCCCCCCCC/C=C\C/C=C\CC. The Labute approximate surface area is 375 Å². The van der Waals surface area contributed by atoms with Gasteiger partial charge in [0.1, 0.15) is 13.2 Å². The quantitative estimate of drug-likeness (QED) is 0.0200. The molecule has 0 rings (SSSR count). The molecule has 0 aromatic carbocycles. The van der Waals surface area contributed by atoms with Gasteiger partial charge in [0.05, 0.1) is 0 Å². The van der Waals surface area contributed by atoms with Crippen molar-refractivity contribution in [2.75, 3.05) is 13.2 Å². The summed E-state index contributed by atoms with van der Waals surface area (Å²) in [5.74, 6) is -0.956. The van der Waals surface area contributed by atoms with Crippen LogP contribution in [-0.2, 0) is 28.6 Å². The standard InChI is InChI=1S/C55H92O6/c1-4-7-10-13-16-19-22-25-27-28-31-33-36-39-42-45-48-54(57)60-51-52(50-59-53(56)47-44-41-38-35-32-29-24-21-18-15-12-9-6-3)61-55(58)49-46-43-40-37-34-30-26-23-20-17-14-11-8-5-2/h8-9,11-12,15,17-18,20-21,24,27-28,31,33,52H,4-7,10,13-14,16,19,22-23,25-26,29-30,32,34-51H2,1-3H3/b11-8-,12-9-,18-15-,20-17-,24-21-,28-27-,33-31-. The molecule has 0 bridgehead atoms. The minimum Gasteiger partial charge on any atom is -0.462 e. The molecule has 1 atom stereocenters. The summed E-state index contributed by atoms with van der Waals surface area (Å²) >= 11 is 0. The van der Waals surface area contributed by atoms with Gasteiger partial charge in [0.15, 0.2) is 6.10 Å². The first-order valence-electron chi connectivity index (χ1n) is 25.1. The number of allylic oxidation sites excluding steroid dienone is 14. The van der Waals surface area contributed by atoms with Gasteiger partial charge in [0, 0.05) is 19.3 Å². The maximum absolute atomic E-state index is 12.8. The Bertz CT molecular complexity index is 1200. The third kappa shape index (κ3) is 47.5. The van der Waals surface area contributed by atoms with E-state index in [-0.39, 0.29) is 31.1 Å². The van der Waals surface area contributed by atoms with Crippen molar-refractivity contribution in [2.45, 2.75) is 232 Å². The van der Waals surface area contributed by atoms with E-state index in [1.165, 1.54) is 70.6 Å². The molecule has 1 unspecified atom stereocenters. The van der Waals surface area contributed by atoms with Crippen molar-refractivity contribution in [1.29, 1.82) is 0 Å². The molecule has 0 radical (unpaired) electrons. The number of esters is 3. The van der Waals surface area contributed by atoms with Crippen LogP contribution in [0.4, 0.5) is 0 Å². The summed E-state index contributed by atoms with van der Waals surface area (Å²) in [6.07, 6.45) is 62.8. The highest BCUT2D eigenvalue weighted by atomic mass is 16.6. The maximum Gasteiger partial charge on any atom is 0.306 e. The normalized spacial score (nSPS) is 12.8.